The summed E-state index contributed by atoms with van der Waals surface area (Å²) in [4.78, 5) is 73.0. The summed E-state index contributed by atoms with van der Waals surface area (Å²) in [6.45, 7) is 9.63. The number of hydrogen-bond acceptors (Lipinski definition) is 15. The van der Waals surface area contributed by atoms with Crippen molar-refractivity contribution in [1.29, 1.82) is 0 Å². The Labute approximate surface area is 607 Å². The van der Waals surface area contributed by atoms with Crippen LogP contribution in [0.5, 0.6) is 0 Å². The highest BCUT2D eigenvalue weighted by molar-refractivity contribution is 7.47. The van der Waals surface area contributed by atoms with E-state index in [2.05, 4.69) is 41.5 Å². The minimum atomic E-state index is -4.96. The van der Waals surface area contributed by atoms with E-state index in [0.717, 1.165) is 102 Å². The molecule has 0 bridgehead atoms. The minimum absolute atomic E-state index is 0.107. The van der Waals surface area contributed by atoms with Crippen LogP contribution in [0.4, 0.5) is 0 Å². The van der Waals surface area contributed by atoms with Crippen LogP contribution in [0.3, 0.4) is 0 Å². The molecule has 0 saturated carbocycles. The van der Waals surface area contributed by atoms with E-state index in [1.165, 1.54) is 238 Å². The Morgan fingerprint density at radius 1 is 0.273 bits per heavy atom. The van der Waals surface area contributed by atoms with Crippen molar-refractivity contribution in [3.63, 3.8) is 0 Å². The predicted octanol–water partition coefficient (Wildman–Crippen LogP) is 23.9. The van der Waals surface area contributed by atoms with Gasteiger partial charge in [0, 0.05) is 25.7 Å². The molecular weight excluding hydrogens is 1290 g/mol. The molecule has 0 rings (SSSR count). The van der Waals surface area contributed by atoms with Gasteiger partial charge in [-0.05, 0) is 37.5 Å². The Morgan fingerprint density at radius 3 is 0.687 bits per heavy atom. The van der Waals surface area contributed by atoms with Crippen LogP contribution < -0.4 is 0 Å². The van der Waals surface area contributed by atoms with Crippen molar-refractivity contribution in [2.75, 3.05) is 39.6 Å². The fourth-order valence-electron chi connectivity index (χ4n) is 12.4. The van der Waals surface area contributed by atoms with E-state index in [0.29, 0.717) is 25.7 Å². The lowest BCUT2D eigenvalue weighted by Crippen LogP contribution is -2.30. The maximum absolute atomic E-state index is 13.1. The van der Waals surface area contributed by atoms with Gasteiger partial charge in [0.05, 0.1) is 26.4 Å². The van der Waals surface area contributed by atoms with Gasteiger partial charge in [-0.15, -0.1) is 0 Å². The molecule has 5 atom stereocenters. The number of ether oxygens (including phenoxy) is 4. The van der Waals surface area contributed by atoms with Crippen molar-refractivity contribution in [3.05, 3.63) is 0 Å². The van der Waals surface area contributed by atoms with Crippen molar-refractivity contribution in [1.82, 2.24) is 0 Å². The molecule has 99 heavy (non-hydrogen) atoms. The maximum Gasteiger partial charge on any atom is 0.472 e. The number of esters is 4. The first-order valence-electron chi connectivity index (χ1n) is 41.5. The summed E-state index contributed by atoms with van der Waals surface area (Å²) >= 11 is 0. The van der Waals surface area contributed by atoms with Crippen LogP contribution >= 0.6 is 15.6 Å². The van der Waals surface area contributed by atoms with Crippen LogP contribution in [0.2, 0.25) is 0 Å². The first kappa shape index (κ1) is 97.1. The number of phosphoric acid groups is 2. The standard InChI is InChI=1S/C80H156O17P2/c1-7-9-11-13-15-17-19-21-30-33-37-44-50-56-62-77(82)90-68-75(96-80(85)65-59-53-47-39-35-31-27-25-23-22-24-26-29-32-36-42-48-54-60-72(3)4)70-94-98(86,87)92-66-74(81)67-93-99(88,89)95-71-76(69-91-78(83)63-57-51-45-41-40-43-49-55-61-73(5)6)97-79(84)64-58-52-46-38-34-28-20-18-16-14-12-10-8-2/h72-76,81H,7-71H2,1-6H3,(H,86,87)(H,88,89)/t74-,75-,76-/m1/s1. The lowest BCUT2D eigenvalue weighted by atomic mass is 10.0. The summed E-state index contributed by atoms with van der Waals surface area (Å²) in [5.41, 5.74) is 0. The fourth-order valence-corrected chi connectivity index (χ4v) is 13.9. The first-order chi connectivity index (χ1) is 47.9. The summed E-state index contributed by atoms with van der Waals surface area (Å²) in [6, 6.07) is 0. The Hall–Kier alpha value is -1.94. The van der Waals surface area contributed by atoms with E-state index < -0.39 is 97.5 Å². The molecule has 0 aliphatic carbocycles. The third kappa shape index (κ3) is 74.1. The molecule has 588 valence electrons. The average Bonchev–Trinajstić information content (AvgIpc) is 1.02. The Balaban J connectivity index is 5.22. The largest absolute Gasteiger partial charge is 0.472 e. The number of aliphatic hydroxyl groups excluding tert-OH is 1. The molecule has 0 aromatic carbocycles. The monoisotopic (exact) mass is 1450 g/mol. The van der Waals surface area contributed by atoms with Gasteiger partial charge in [-0.3, -0.25) is 37.3 Å². The maximum atomic E-state index is 13.1. The minimum Gasteiger partial charge on any atom is -0.462 e. The van der Waals surface area contributed by atoms with Crippen LogP contribution in [0, 0.1) is 11.8 Å². The molecule has 0 fully saturated rings. The zero-order valence-corrected chi connectivity index (χ0v) is 66.6. The zero-order valence-electron chi connectivity index (χ0n) is 64.8. The second-order valence-corrected chi connectivity index (χ2v) is 32.7. The zero-order chi connectivity index (χ0) is 72.8. The van der Waals surface area contributed by atoms with Gasteiger partial charge in [-0.1, -0.05) is 369 Å². The molecule has 0 spiro atoms. The van der Waals surface area contributed by atoms with Crippen molar-refractivity contribution in [2.45, 2.75) is 439 Å². The summed E-state index contributed by atoms with van der Waals surface area (Å²) in [6.07, 6.45) is 61.0. The molecule has 19 heteroatoms. The molecule has 17 nitrogen and oxygen atoms in total. The van der Waals surface area contributed by atoms with Gasteiger partial charge in [0.15, 0.2) is 12.2 Å². The number of unbranched alkanes of at least 4 members (excludes halogenated alkanes) is 49. The number of hydrogen-bond donors (Lipinski definition) is 3. The van der Waals surface area contributed by atoms with E-state index in [1.54, 1.807) is 0 Å². The van der Waals surface area contributed by atoms with Crippen molar-refractivity contribution < 1.29 is 80.2 Å². The van der Waals surface area contributed by atoms with E-state index in [1.807, 2.05) is 0 Å². The number of aliphatic hydroxyl groups is 1. The number of phosphoric ester groups is 2. The second kappa shape index (κ2) is 71.7. The average molecular weight is 1450 g/mol. The summed E-state index contributed by atoms with van der Waals surface area (Å²) in [5, 5.41) is 10.6. The van der Waals surface area contributed by atoms with Gasteiger partial charge in [0.25, 0.3) is 0 Å². The van der Waals surface area contributed by atoms with Crippen LogP contribution in [0.15, 0.2) is 0 Å². The normalized spacial score (nSPS) is 13.9. The molecule has 0 radical (unpaired) electrons. The van der Waals surface area contributed by atoms with Crippen LogP contribution in [0.1, 0.15) is 420 Å². The third-order valence-electron chi connectivity index (χ3n) is 18.7. The highest BCUT2D eigenvalue weighted by Gasteiger charge is 2.30. The molecular formula is C80H156O17P2. The lowest BCUT2D eigenvalue weighted by molar-refractivity contribution is -0.161. The fraction of sp³-hybridized carbons (Fsp3) is 0.950. The number of carbonyl (C=O) groups excluding carboxylic acids is 4. The summed E-state index contributed by atoms with van der Waals surface area (Å²) in [7, 11) is -9.92. The number of carbonyl (C=O) groups is 4. The second-order valence-electron chi connectivity index (χ2n) is 29.8. The van der Waals surface area contributed by atoms with Crippen LogP contribution in [-0.2, 0) is 65.4 Å². The van der Waals surface area contributed by atoms with Gasteiger partial charge < -0.3 is 33.8 Å². The van der Waals surface area contributed by atoms with Gasteiger partial charge in [0.2, 0.25) is 0 Å². The van der Waals surface area contributed by atoms with E-state index in [-0.39, 0.29) is 25.7 Å². The van der Waals surface area contributed by atoms with E-state index in [9.17, 15) is 43.2 Å². The van der Waals surface area contributed by atoms with Gasteiger partial charge in [0.1, 0.15) is 19.3 Å². The van der Waals surface area contributed by atoms with Crippen molar-refractivity contribution in [2.24, 2.45) is 11.8 Å². The third-order valence-corrected chi connectivity index (χ3v) is 20.6. The molecule has 0 aromatic heterocycles. The quantitative estimate of drug-likeness (QED) is 0.0222. The molecule has 2 unspecified atom stereocenters. The van der Waals surface area contributed by atoms with Gasteiger partial charge in [-0.25, -0.2) is 9.13 Å². The number of rotatable bonds is 79. The van der Waals surface area contributed by atoms with Gasteiger partial charge >= 0.3 is 39.5 Å². The Bertz CT molecular complexity index is 1910. The highest BCUT2D eigenvalue weighted by atomic mass is 31.2. The summed E-state index contributed by atoms with van der Waals surface area (Å²) < 4.78 is 68.7. The first-order valence-corrected chi connectivity index (χ1v) is 44.5. The predicted molar refractivity (Wildman–Crippen MR) is 405 cm³/mol. The van der Waals surface area contributed by atoms with Crippen molar-refractivity contribution in [3.8, 4) is 0 Å². The molecule has 0 heterocycles. The molecule has 3 N–H and O–H groups in total. The van der Waals surface area contributed by atoms with E-state index in [4.69, 9.17) is 37.0 Å². The van der Waals surface area contributed by atoms with Crippen LogP contribution in [0.25, 0.3) is 0 Å². The Morgan fingerprint density at radius 2 is 0.465 bits per heavy atom. The summed E-state index contributed by atoms with van der Waals surface area (Å²) in [5.74, 6) is -0.562. The molecule has 0 aliphatic heterocycles. The van der Waals surface area contributed by atoms with Crippen LogP contribution in [-0.4, -0.2) is 96.7 Å². The smallest absolute Gasteiger partial charge is 0.462 e. The lowest BCUT2D eigenvalue weighted by Gasteiger charge is -2.21. The van der Waals surface area contributed by atoms with E-state index >= 15 is 0 Å². The highest BCUT2D eigenvalue weighted by Crippen LogP contribution is 2.45. The Kier molecular flexibility index (Phi) is 70.3. The molecule has 0 amide bonds. The molecule has 0 aromatic rings. The SMILES string of the molecule is CCCCCCCCCCCCCCCCC(=O)OC[C@H](COP(=O)(O)OC[C@@H](O)COP(=O)(O)OC[C@@H](COC(=O)CCCCCCCCCCC(C)C)OC(=O)CCCCCCCCCCCCCCC)OC(=O)CCCCCCCCCCCCCCCCCCCCC(C)C. The van der Waals surface area contributed by atoms with Gasteiger partial charge in [-0.2, -0.15) is 0 Å². The molecule has 0 aliphatic rings. The topological polar surface area (TPSA) is 237 Å². The molecule has 0 saturated heterocycles. The van der Waals surface area contributed by atoms with Crippen molar-refractivity contribution >= 4 is 39.5 Å².